The number of ether oxygens (including phenoxy) is 1. The SMILES string of the molecule is C=CCCOC(=O)C(=[N+]=[N-])c1ccccc1. The van der Waals surface area contributed by atoms with E-state index in [2.05, 4.69) is 11.4 Å². The quantitative estimate of drug-likeness (QED) is 0.188. The highest BCUT2D eigenvalue weighted by molar-refractivity contribution is 6.40. The smallest absolute Gasteiger partial charge is 0.422 e. The standard InChI is InChI=1S/C12H12N2O2/c1-2-3-9-16-12(15)11(14-13)10-7-5-4-6-8-10/h2,4-8H,1,3,9H2. The van der Waals surface area contributed by atoms with E-state index < -0.39 is 5.97 Å². The largest absolute Gasteiger partial charge is 0.456 e. The lowest BCUT2D eigenvalue weighted by Crippen LogP contribution is -2.20. The fraction of sp³-hybridized carbons (Fsp3) is 0.167. The maximum Gasteiger partial charge on any atom is 0.422 e. The van der Waals surface area contributed by atoms with Crippen LogP contribution < -0.4 is 0 Å². The van der Waals surface area contributed by atoms with Crippen LogP contribution in [0.4, 0.5) is 0 Å². The molecule has 1 aromatic rings. The van der Waals surface area contributed by atoms with Crippen LogP contribution >= 0.6 is 0 Å². The second-order valence-corrected chi connectivity index (χ2v) is 3.03. The summed E-state index contributed by atoms with van der Waals surface area (Å²) in [6.45, 7) is 3.74. The molecule has 0 spiro atoms. The van der Waals surface area contributed by atoms with Gasteiger partial charge in [-0.1, -0.05) is 24.3 Å². The Morgan fingerprint density at radius 1 is 1.44 bits per heavy atom. The van der Waals surface area contributed by atoms with Gasteiger partial charge >= 0.3 is 11.7 Å². The lowest BCUT2D eigenvalue weighted by Gasteiger charge is -1.99. The predicted molar refractivity (Wildman–Crippen MR) is 59.9 cm³/mol. The van der Waals surface area contributed by atoms with Gasteiger partial charge in [0.25, 0.3) is 0 Å². The average molecular weight is 216 g/mol. The third kappa shape index (κ3) is 3.19. The number of rotatable bonds is 5. The molecule has 0 aliphatic heterocycles. The number of hydrogen-bond acceptors (Lipinski definition) is 2. The number of esters is 1. The summed E-state index contributed by atoms with van der Waals surface area (Å²) in [5.41, 5.74) is 9.20. The van der Waals surface area contributed by atoms with E-state index in [1.165, 1.54) is 0 Å². The van der Waals surface area contributed by atoms with Crippen LogP contribution in [0.3, 0.4) is 0 Å². The molecular formula is C12H12N2O2. The van der Waals surface area contributed by atoms with E-state index in [-0.39, 0.29) is 12.3 Å². The minimum Gasteiger partial charge on any atom is -0.456 e. The van der Waals surface area contributed by atoms with Gasteiger partial charge in [-0.2, -0.15) is 4.79 Å². The minimum absolute atomic E-state index is 0.0929. The first kappa shape index (κ1) is 11.9. The van der Waals surface area contributed by atoms with Crippen molar-refractivity contribution in [1.82, 2.24) is 0 Å². The van der Waals surface area contributed by atoms with Gasteiger partial charge in [-0.3, -0.25) is 0 Å². The number of nitrogens with zero attached hydrogens (tertiary/aromatic N) is 2. The van der Waals surface area contributed by atoms with Gasteiger partial charge < -0.3 is 10.3 Å². The van der Waals surface area contributed by atoms with E-state index >= 15 is 0 Å². The van der Waals surface area contributed by atoms with Crippen molar-refractivity contribution >= 4 is 11.7 Å². The van der Waals surface area contributed by atoms with Crippen LogP contribution in [-0.4, -0.2) is 23.1 Å². The van der Waals surface area contributed by atoms with Crippen LogP contribution in [0.25, 0.3) is 5.53 Å². The van der Waals surface area contributed by atoms with Crippen LogP contribution in [-0.2, 0) is 9.53 Å². The Morgan fingerprint density at radius 2 is 2.12 bits per heavy atom. The molecule has 0 aliphatic rings. The van der Waals surface area contributed by atoms with Crippen LogP contribution in [0.2, 0.25) is 0 Å². The van der Waals surface area contributed by atoms with E-state index in [0.717, 1.165) is 0 Å². The second kappa shape index (κ2) is 6.32. The number of carbonyl (C=O) groups excluding carboxylic acids is 1. The van der Waals surface area contributed by atoms with Crippen LogP contribution in [0.5, 0.6) is 0 Å². The molecule has 0 aliphatic carbocycles. The third-order valence-corrected chi connectivity index (χ3v) is 1.90. The summed E-state index contributed by atoms with van der Waals surface area (Å²) in [6.07, 6.45) is 2.21. The highest BCUT2D eigenvalue weighted by Crippen LogP contribution is 2.01. The zero-order valence-electron chi connectivity index (χ0n) is 8.80. The monoisotopic (exact) mass is 216 g/mol. The van der Waals surface area contributed by atoms with Gasteiger partial charge in [-0.15, -0.1) is 6.58 Å². The lowest BCUT2D eigenvalue weighted by molar-refractivity contribution is -0.139. The van der Waals surface area contributed by atoms with Crippen LogP contribution in [0.15, 0.2) is 43.0 Å². The molecule has 1 aromatic carbocycles. The molecule has 4 heteroatoms. The molecule has 0 N–H and O–H groups in total. The topological polar surface area (TPSA) is 62.7 Å². The Balaban J connectivity index is 2.73. The summed E-state index contributed by atoms with van der Waals surface area (Å²) >= 11 is 0. The normalized spacial score (nSPS) is 9.00. The summed E-state index contributed by atoms with van der Waals surface area (Å²) in [4.78, 5) is 14.5. The van der Waals surface area contributed by atoms with Crippen molar-refractivity contribution in [1.29, 1.82) is 0 Å². The summed E-state index contributed by atoms with van der Waals surface area (Å²) in [6, 6.07) is 8.64. The molecule has 0 amide bonds. The van der Waals surface area contributed by atoms with E-state index in [1.54, 1.807) is 30.3 Å². The van der Waals surface area contributed by atoms with Gasteiger partial charge in [0.15, 0.2) is 0 Å². The molecular weight excluding hydrogens is 204 g/mol. The van der Waals surface area contributed by atoms with Gasteiger partial charge in [0.1, 0.15) is 0 Å². The molecule has 0 radical (unpaired) electrons. The molecule has 4 nitrogen and oxygen atoms in total. The first-order valence-corrected chi connectivity index (χ1v) is 4.85. The van der Waals surface area contributed by atoms with Crippen molar-refractivity contribution in [3.8, 4) is 0 Å². The maximum absolute atomic E-state index is 11.5. The Labute approximate surface area is 93.8 Å². The fourth-order valence-corrected chi connectivity index (χ4v) is 1.12. The minimum atomic E-state index is -0.643. The highest BCUT2D eigenvalue weighted by Gasteiger charge is 2.23. The molecule has 0 saturated carbocycles. The first-order valence-electron chi connectivity index (χ1n) is 4.85. The molecule has 16 heavy (non-hydrogen) atoms. The number of benzene rings is 1. The molecule has 0 saturated heterocycles. The van der Waals surface area contributed by atoms with E-state index in [1.807, 2.05) is 6.07 Å². The van der Waals surface area contributed by atoms with Gasteiger partial charge in [-0.05, 0) is 18.6 Å². The molecule has 0 fully saturated rings. The maximum atomic E-state index is 11.5. The average Bonchev–Trinajstić information content (AvgIpc) is 2.32. The molecule has 0 aromatic heterocycles. The van der Waals surface area contributed by atoms with Gasteiger partial charge in [-0.25, -0.2) is 4.79 Å². The van der Waals surface area contributed by atoms with Gasteiger partial charge in [0.2, 0.25) is 0 Å². The van der Waals surface area contributed by atoms with Crippen LogP contribution in [0.1, 0.15) is 12.0 Å². The summed E-state index contributed by atoms with van der Waals surface area (Å²) < 4.78 is 4.89. The van der Waals surface area contributed by atoms with Crippen molar-refractivity contribution < 1.29 is 14.3 Å². The number of hydrogen-bond donors (Lipinski definition) is 0. The Bertz CT molecular complexity index is 420. The first-order chi connectivity index (χ1) is 7.79. The molecule has 0 heterocycles. The van der Waals surface area contributed by atoms with E-state index in [4.69, 9.17) is 10.3 Å². The zero-order chi connectivity index (χ0) is 11.8. The van der Waals surface area contributed by atoms with Crippen molar-refractivity contribution in [2.24, 2.45) is 0 Å². The zero-order valence-corrected chi connectivity index (χ0v) is 8.80. The van der Waals surface area contributed by atoms with Crippen molar-refractivity contribution in [3.63, 3.8) is 0 Å². The second-order valence-electron chi connectivity index (χ2n) is 3.03. The molecule has 0 unspecified atom stereocenters. The lowest BCUT2D eigenvalue weighted by atomic mass is 10.1. The van der Waals surface area contributed by atoms with E-state index in [0.29, 0.717) is 12.0 Å². The molecule has 82 valence electrons. The van der Waals surface area contributed by atoms with E-state index in [9.17, 15) is 4.79 Å². The summed E-state index contributed by atoms with van der Waals surface area (Å²) in [7, 11) is 0. The molecule has 0 bridgehead atoms. The van der Waals surface area contributed by atoms with Gasteiger partial charge in [0, 0.05) is 0 Å². The van der Waals surface area contributed by atoms with Crippen molar-refractivity contribution in [2.45, 2.75) is 6.42 Å². The Kier molecular flexibility index (Phi) is 4.70. The Hall–Kier alpha value is -2.19. The fourth-order valence-electron chi connectivity index (χ4n) is 1.12. The van der Waals surface area contributed by atoms with Crippen molar-refractivity contribution in [2.75, 3.05) is 6.61 Å². The summed E-state index contributed by atoms with van der Waals surface area (Å²) in [5, 5.41) is 0. The van der Waals surface area contributed by atoms with Crippen LogP contribution in [0, 0.1) is 0 Å². The predicted octanol–water partition coefficient (Wildman–Crippen LogP) is 1.82. The van der Waals surface area contributed by atoms with Crippen molar-refractivity contribution in [3.05, 3.63) is 54.1 Å². The van der Waals surface area contributed by atoms with Gasteiger partial charge in [0.05, 0.1) is 12.2 Å². The third-order valence-electron chi connectivity index (χ3n) is 1.90. The summed E-state index contributed by atoms with van der Waals surface area (Å²) in [5.74, 6) is -0.643. The highest BCUT2D eigenvalue weighted by atomic mass is 16.5. The Morgan fingerprint density at radius 3 is 2.69 bits per heavy atom. The number of carbonyl (C=O) groups is 1. The molecule has 0 atom stereocenters. The molecule has 1 rings (SSSR count).